The summed E-state index contributed by atoms with van der Waals surface area (Å²) in [5, 5.41) is 19.7. The molecule has 14 heteroatoms. The molecule has 0 atom stereocenters. The van der Waals surface area contributed by atoms with Crippen LogP contribution in [0.4, 0.5) is 5.82 Å². The maximum Gasteiger partial charge on any atom is 0.293 e. The van der Waals surface area contributed by atoms with E-state index in [4.69, 9.17) is 24.6 Å². The Morgan fingerprint density at radius 3 is 2.39 bits per heavy atom. The van der Waals surface area contributed by atoms with Crippen LogP contribution in [0.3, 0.4) is 0 Å². The van der Waals surface area contributed by atoms with Crippen molar-refractivity contribution >= 4 is 17.9 Å². The number of benzene rings is 1. The molecule has 0 radical (unpaired) electrons. The van der Waals surface area contributed by atoms with Crippen LogP contribution in [-0.4, -0.2) is 76.7 Å². The molecule has 3 N–H and O–H groups in total. The second-order valence-corrected chi connectivity index (χ2v) is 8.12. The fraction of sp³-hybridized carbons (Fsp3) is 0.455. The summed E-state index contributed by atoms with van der Waals surface area (Å²) in [5.74, 6) is 1.07. The Bertz CT molecular complexity index is 1190. The van der Waals surface area contributed by atoms with Crippen LogP contribution < -0.4 is 25.4 Å². The normalized spacial score (nSPS) is 14.5. The summed E-state index contributed by atoms with van der Waals surface area (Å²) in [5.41, 5.74) is 9.62. The molecule has 3 heterocycles. The Morgan fingerprint density at radius 2 is 1.81 bits per heavy atom. The number of nitrogen functional groups attached to an aromatic ring is 1. The van der Waals surface area contributed by atoms with Crippen molar-refractivity contribution in [2.24, 2.45) is 5.10 Å². The highest BCUT2D eigenvalue weighted by Crippen LogP contribution is 2.37. The molecule has 0 spiro atoms. The van der Waals surface area contributed by atoms with Gasteiger partial charge in [0.25, 0.3) is 5.91 Å². The molecule has 1 aliphatic rings. The van der Waals surface area contributed by atoms with Gasteiger partial charge in [0.15, 0.2) is 17.2 Å². The number of rotatable bonds is 9. The minimum atomic E-state index is -0.537. The van der Waals surface area contributed by atoms with E-state index in [-0.39, 0.29) is 17.3 Å². The first-order valence-electron chi connectivity index (χ1n) is 11.4. The summed E-state index contributed by atoms with van der Waals surface area (Å²) >= 11 is 0. The standard InChI is InChI=1S/C22H29N9O5/c1-33-16-10-14(11-17(34-2)19(16)35-3)12-24-26-22(32)18-15(13-30-8-6-4-5-7-9-30)31(29-25-18)21-20(23)27-36-28-21/h10-12H,4-9,13H2,1-3H3,(H2,23,27)(H,26,32)/b24-12+. The highest BCUT2D eigenvalue weighted by molar-refractivity contribution is 5.94. The molecule has 1 aromatic carbocycles. The number of hydrazone groups is 1. The Kier molecular flexibility index (Phi) is 7.95. The number of hydrogen-bond donors (Lipinski definition) is 2. The molecule has 1 aliphatic heterocycles. The molecule has 0 saturated carbocycles. The molecule has 2 aromatic heterocycles. The van der Waals surface area contributed by atoms with E-state index in [1.807, 2.05) is 0 Å². The van der Waals surface area contributed by atoms with Crippen LogP contribution >= 0.6 is 0 Å². The Balaban J connectivity index is 1.57. The average molecular weight is 500 g/mol. The third-order valence-electron chi connectivity index (χ3n) is 5.81. The van der Waals surface area contributed by atoms with Gasteiger partial charge in [-0.2, -0.15) is 9.78 Å². The van der Waals surface area contributed by atoms with Gasteiger partial charge in [-0.25, -0.2) is 10.1 Å². The third-order valence-corrected chi connectivity index (χ3v) is 5.81. The number of carbonyl (C=O) groups excluding carboxylic acids is 1. The second-order valence-electron chi connectivity index (χ2n) is 8.12. The predicted octanol–water partition coefficient (Wildman–Crippen LogP) is 1.40. The fourth-order valence-electron chi connectivity index (χ4n) is 4.03. The highest BCUT2D eigenvalue weighted by Gasteiger charge is 2.26. The predicted molar refractivity (Wildman–Crippen MR) is 129 cm³/mol. The lowest BCUT2D eigenvalue weighted by Gasteiger charge is -2.20. The van der Waals surface area contributed by atoms with Gasteiger partial charge in [-0.15, -0.1) is 5.10 Å². The van der Waals surface area contributed by atoms with Crippen LogP contribution in [0.2, 0.25) is 0 Å². The number of methoxy groups -OCH3 is 3. The molecule has 0 aliphatic carbocycles. The number of amides is 1. The molecule has 3 aromatic rings. The highest BCUT2D eigenvalue weighted by atomic mass is 16.6. The summed E-state index contributed by atoms with van der Waals surface area (Å²) in [6.07, 6.45) is 5.97. The molecule has 0 bridgehead atoms. The average Bonchev–Trinajstić information content (AvgIpc) is 3.40. The molecular weight excluding hydrogens is 470 g/mol. The number of hydrogen-bond acceptors (Lipinski definition) is 12. The number of nitrogens with one attached hydrogen (secondary N) is 1. The molecule has 36 heavy (non-hydrogen) atoms. The third kappa shape index (κ3) is 5.38. The van der Waals surface area contributed by atoms with Gasteiger partial charge in [0.05, 0.1) is 33.2 Å². The zero-order valence-corrected chi connectivity index (χ0v) is 20.4. The summed E-state index contributed by atoms with van der Waals surface area (Å²) in [4.78, 5) is 15.3. The van der Waals surface area contributed by atoms with Crippen LogP contribution in [0.25, 0.3) is 5.82 Å². The summed E-state index contributed by atoms with van der Waals surface area (Å²) in [6.45, 7) is 2.23. The van der Waals surface area contributed by atoms with E-state index >= 15 is 0 Å². The number of ether oxygens (including phenoxy) is 3. The number of aromatic nitrogens is 5. The second kappa shape index (κ2) is 11.5. The maximum absolute atomic E-state index is 13.1. The first-order valence-corrected chi connectivity index (χ1v) is 11.4. The van der Waals surface area contributed by atoms with E-state index in [1.54, 1.807) is 12.1 Å². The lowest BCUT2D eigenvalue weighted by molar-refractivity contribution is 0.0948. The molecule has 192 valence electrons. The van der Waals surface area contributed by atoms with Crippen LogP contribution in [0, 0.1) is 0 Å². The van der Waals surface area contributed by atoms with E-state index in [1.165, 1.54) is 45.1 Å². The summed E-state index contributed by atoms with van der Waals surface area (Å²) in [7, 11) is 4.56. The Labute approximate surface area is 207 Å². The van der Waals surface area contributed by atoms with Crippen LogP contribution in [-0.2, 0) is 6.54 Å². The number of nitrogens with two attached hydrogens (primary N) is 1. The summed E-state index contributed by atoms with van der Waals surface area (Å²) < 4.78 is 22.1. The van der Waals surface area contributed by atoms with Gasteiger partial charge in [-0.05, 0) is 48.4 Å². The van der Waals surface area contributed by atoms with E-state index in [0.717, 1.165) is 25.9 Å². The molecule has 1 amide bonds. The van der Waals surface area contributed by atoms with Crippen LogP contribution in [0.1, 0.15) is 47.4 Å². The van der Waals surface area contributed by atoms with Crippen molar-refractivity contribution in [1.82, 2.24) is 35.6 Å². The van der Waals surface area contributed by atoms with Crippen molar-refractivity contribution in [3.63, 3.8) is 0 Å². The molecule has 1 saturated heterocycles. The van der Waals surface area contributed by atoms with Gasteiger partial charge >= 0.3 is 0 Å². The Hall–Kier alpha value is -4.20. The van der Waals surface area contributed by atoms with Gasteiger partial charge in [0, 0.05) is 12.1 Å². The molecule has 0 unspecified atom stereocenters. The zero-order chi connectivity index (χ0) is 25.5. The first kappa shape index (κ1) is 24.9. The van der Waals surface area contributed by atoms with Gasteiger partial charge in [0.1, 0.15) is 0 Å². The SMILES string of the molecule is COc1cc(/C=N/NC(=O)c2nnn(-c3nonc3N)c2CN2CCCCCC2)cc(OC)c1OC. The van der Waals surface area contributed by atoms with Crippen molar-refractivity contribution < 1.29 is 23.6 Å². The number of anilines is 1. The van der Waals surface area contributed by atoms with Crippen molar-refractivity contribution in [3.8, 4) is 23.1 Å². The van der Waals surface area contributed by atoms with Gasteiger partial charge in [-0.3, -0.25) is 9.69 Å². The smallest absolute Gasteiger partial charge is 0.293 e. The van der Waals surface area contributed by atoms with Crippen molar-refractivity contribution in [2.75, 3.05) is 40.2 Å². The van der Waals surface area contributed by atoms with E-state index in [0.29, 0.717) is 35.1 Å². The topological polar surface area (TPSA) is 168 Å². The zero-order valence-electron chi connectivity index (χ0n) is 20.4. The fourth-order valence-corrected chi connectivity index (χ4v) is 4.03. The van der Waals surface area contributed by atoms with Crippen molar-refractivity contribution in [3.05, 3.63) is 29.1 Å². The quantitative estimate of drug-likeness (QED) is 0.322. The molecule has 1 fully saturated rings. The van der Waals surface area contributed by atoms with Gasteiger partial charge in [-0.1, -0.05) is 18.1 Å². The number of carbonyl (C=O) groups is 1. The molecular formula is C22H29N9O5. The number of nitrogens with zero attached hydrogens (tertiary/aromatic N) is 7. The minimum Gasteiger partial charge on any atom is -0.493 e. The summed E-state index contributed by atoms with van der Waals surface area (Å²) in [6, 6.07) is 3.41. The van der Waals surface area contributed by atoms with Crippen LogP contribution in [0.15, 0.2) is 21.9 Å². The van der Waals surface area contributed by atoms with E-state index in [9.17, 15) is 4.79 Å². The first-order chi connectivity index (χ1) is 17.5. The van der Waals surface area contributed by atoms with E-state index in [2.05, 4.69) is 36.1 Å². The van der Waals surface area contributed by atoms with Crippen LogP contribution in [0.5, 0.6) is 17.2 Å². The Morgan fingerprint density at radius 1 is 1.11 bits per heavy atom. The minimum absolute atomic E-state index is 0.0457. The van der Waals surface area contributed by atoms with Crippen molar-refractivity contribution in [1.29, 1.82) is 0 Å². The van der Waals surface area contributed by atoms with Gasteiger partial charge in [0.2, 0.25) is 17.4 Å². The molecule has 14 nitrogen and oxygen atoms in total. The number of likely N-dealkylation sites (tertiary alicyclic amines) is 1. The molecule has 4 rings (SSSR count). The maximum atomic E-state index is 13.1. The van der Waals surface area contributed by atoms with E-state index < -0.39 is 5.91 Å². The van der Waals surface area contributed by atoms with Gasteiger partial charge < -0.3 is 19.9 Å². The lowest BCUT2D eigenvalue weighted by Crippen LogP contribution is -2.28. The largest absolute Gasteiger partial charge is 0.493 e. The lowest BCUT2D eigenvalue weighted by atomic mass is 10.2. The monoisotopic (exact) mass is 499 g/mol. The van der Waals surface area contributed by atoms with Crippen molar-refractivity contribution in [2.45, 2.75) is 32.2 Å².